The molecule has 0 spiro atoms. The van der Waals surface area contributed by atoms with Gasteiger partial charge in [-0.3, -0.25) is 4.79 Å². The molecule has 1 amide bonds. The summed E-state index contributed by atoms with van der Waals surface area (Å²) in [6.07, 6.45) is 4.19. The summed E-state index contributed by atoms with van der Waals surface area (Å²) in [5, 5.41) is 0. The zero-order valence-corrected chi connectivity index (χ0v) is 14.7. The molecule has 6 heteroatoms. The largest absolute Gasteiger partial charge is 0.446 e. The number of likely N-dealkylation sites (tertiary alicyclic amines) is 1. The van der Waals surface area contributed by atoms with Crippen LogP contribution in [0.15, 0.2) is 71.6 Å². The molecule has 1 fully saturated rings. The molecule has 1 saturated heterocycles. The van der Waals surface area contributed by atoms with Gasteiger partial charge >= 0.3 is 0 Å². The fraction of sp³-hybridized carbons (Fsp3) is 0.190. The van der Waals surface area contributed by atoms with Crippen LogP contribution in [-0.2, 0) is 6.54 Å². The Balaban J connectivity index is 1.34. The second-order valence-corrected chi connectivity index (χ2v) is 6.70. The molecule has 4 aromatic rings. The van der Waals surface area contributed by atoms with Crippen molar-refractivity contribution >= 4 is 16.9 Å². The van der Waals surface area contributed by atoms with Gasteiger partial charge in [0.25, 0.3) is 5.91 Å². The van der Waals surface area contributed by atoms with E-state index in [2.05, 4.69) is 22.1 Å². The molecular formula is C21H18N4O2. The van der Waals surface area contributed by atoms with Crippen LogP contribution in [0, 0.1) is 0 Å². The maximum atomic E-state index is 12.8. The average Bonchev–Trinajstić information content (AvgIpc) is 3.30. The van der Waals surface area contributed by atoms with E-state index in [1.54, 1.807) is 6.33 Å². The molecular weight excluding hydrogens is 340 g/mol. The Bertz CT molecular complexity index is 1100. The Labute approximate surface area is 156 Å². The summed E-state index contributed by atoms with van der Waals surface area (Å²) in [6, 6.07) is 18.1. The summed E-state index contributed by atoms with van der Waals surface area (Å²) in [7, 11) is 0. The van der Waals surface area contributed by atoms with Gasteiger partial charge in [0.05, 0.1) is 23.4 Å². The highest BCUT2D eigenvalue weighted by Gasteiger charge is 2.35. The second-order valence-electron chi connectivity index (χ2n) is 6.70. The van der Waals surface area contributed by atoms with Crippen LogP contribution in [0.4, 0.5) is 0 Å². The van der Waals surface area contributed by atoms with Gasteiger partial charge < -0.3 is 13.9 Å². The Morgan fingerprint density at radius 3 is 2.74 bits per heavy atom. The minimum absolute atomic E-state index is 0.0828. The van der Waals surface area contributed by atoms with Crippen molar-refractivity contribution in [2.45, 2.75) is 19.0 Å². The minimum atomic E-state index is -0.0828. The van der Waals surface area contributed by atoms with Crippen molar-refractivity contribution in [2.75, 3.05) is 6.54 Å². The number of hydrogen-bond donors (Lipinski definition) is 0. The molecule has 1 atom stereocenters. The van der Waals surface area contributed by atoms with E-state index in [4.69, 9.17) is 4.42 Å². The molecule has 27 heavy (non-hydrogen) atoms. The monoisotopic (exact) mass is 358 g/mol. The lowest BCUT2D eigenvalue weighted by atomic mass is 9.94. The van der Waals surface area contributed by atoms with E-state index in [0.29, 0.717) is 18.1 Å². The highest BCUT2D eigenvalue weighted by molar-refractivity contribution is 5.92. The molecule has 134 valence electrons. The smallest absolute Gasteiger partial charge is 0.276 e. The lowest BCUT2D eigenvalue weighted by Crippen LogP contribution is -2.45. The molecule has 3 heterocycles. The number of carbonyl (C=O) groups is 1. The highest BCUT2D eigenvalue weighted by atomic mass is 16.3. The third-order valence-electron chi connectivity index (χ3n) is 5.07. The molecule has 2 aromatic heterocycles. The fourth-order valence-corrected chi connectivity index (χ4v) is 3.56. The van der Waals surface area contributed by atoms with E-state index in [1.165, 1.54) is 6.26 Å². The van der Waals surface area contributed by atoms with Gasteiger partial charge in [0.1, 0.15) is 12.8 Å². The number of aromatic nitrogens is 3. The molecule has 6 nitrogen and oxygen atoms in total. The Morgan fingerprint density at radius 2 is 1.93 bits per heavy atom. The van der Waals surface area contributed by atoms with Crippen molar-refractivity contribution in [3.05, 3.63) is 84.3 Å². The third-order valence-corrected chi connectivity index (χ3v) is 5.07. The number of amides is 1. The summed E-state index contributed by atoms with van der Waals surface area (Å²) in [4.78, 5) is 23.5. The van der Waals surface area contributed by atoms with Gasteiger partial charge in [0.15, 0.2) is 5.69 Å². The van der Waals surface area contributed by atoms with E-state index in [1.807, 2.05) is 51.9 Å². The van der Waals surface area contributed by atoms with Gasteiger partial charge in [0, 0.05) is 6.54 Å². The third kappa shape index (κ3) is 2.79. The molecule has 0 unspecified atom stereocenters. The number of oxazole rings is 1. The number of benzene rings is 2. The van der Waals surface area contributed by atoms with Gasteiger partial charge in [0.2, 0.25) is 5.89 Å². The van der Waals surface area contributed by atoms with Crippen LogP contribution >= 0.6 is 0 Å². The first-order chi connectivity index (χ1) is 13.3. The molecule has 0 N–H and O–H groups in total. The standard InChI is InChI=1S/C21H18N4O2/c26-21(25-11-10-18(25)15-6-2-1-3-7-15)17-13-27-20(23-17)12-24-14-22-16-8-4-5-9-19(16)24/h1-9,13-14,18H,10-12H2/t18-/m1/s1. The average molecular weight is 358 g/mol. The molecule has 0 aliphatic carbocycles. The van der Waals surface area contributed by atoms with E-state index in [-0.39, 0.29) is 11.9 Å². The van der Waals surface area contributed by atoms with Crippen molar-refractivity contribution in [3.63, 3.8) is 0 Å². The zero-order chi connectivity index (χ0) is 18.2. The number of imidazole rings is 1. The Morgan fingerprint density at radius 1 is 1.11 bits per heavy atom. The van der Waals surface area contributed by atoms with E-state index < -0.39 is 0 Å². The summed E-state index contributed by atoms with van der Waals surface area (Å²) >= 11 is 0. The van der Waals surface area contributed by atoms with Crippen LogP contribution < -0.4 is 0 Å². The summed E-state index contributed by atoms with van der Waals surface area (Å²) in [5.74, 6) is 0.416. The van der Waals surface area contributed by atoms with Gasteiger partial charge in [-0.25, -0.2) is 9.97 Å². The Kier molecular flexibility index (Phi) is 3.74. The maximum Gasteiger partial charge on any atom is 0.276 e. The van der Waals surface area contributed by atoms with Gasteiger partial charge in [-0.15, -0.1) is 0 Å². The van der Waals surface area contributed by atoms with Crippen molar-refractivity contribution < 1.29 is 9.21 Å². The van der Waals surface area contributed by atoms with E-state index >= 15 is 0 Å². The van der Waals surface area contributed by atoms with Crippen molar-refractivity contribution in [1.29, 1.82) is 0 Å². The van der Waals surface area contributed by atoms with Crippen LogP contribution in [0.2, 0.25) is 0 Å². The van der Waals surface area contributed by atoms with Crippen LogP contribution in [0.1, 0.15) is 34.4 Å². The van der Waals surface area contributed by atoms with Crippen molar-refractivity contribution in [3.8, 4) is 0 Å². The fourth-order valence-electron chi connectivity index (χ4n) is 3.56. The van der Waals surface area contributed by atoms with Crippen LogP contribution in [-0.4, -0.2) is 31.9 Å². The van der Waals surface area contributed by atoms with E-state index in [9.17, 15) is 4.79 Å². The molecule has 1 aliphatic heterocycles. The predicted octanol–water partition coefficient (Wildman–Crippen LogP) is 3.66. The summed E-state index contributed by atoms with van der Waals surface area (Å²) < 4.78 is 7.52. The molecule has 0 saturated carbocycles. The lowest BCUT2D eigenvalue weighted by molar-refractivity contribution is 0.0454. The summed E-state index contributed by atoms with van der Waals surface area (Å²) in [6.45, 7) is 1.18. The van der Waals surface area contributed by atoms with Crippen molar-refractivity contribution in [2.24, 2.45) is 0 Å². The Hall–Kier alpha value is -3.41. The molecule has 2 aromatic carbocycles. The molecule has 0 bridgehead atoms. The van der Waals surface area contributed by atoms with E-state index in [0.717, 1.165) is 29.6 Å². The first kappa shape index (κ1) is 15.8. The first-order valence-electron chi connectivity index (χ1n) is 9.00. The lowest BCUT2D eigenvalue weighted by Gasteiger charge is -2.40. The summed E-state index contributed by atoms with van der Waals surface area (Å²) in [5.41, 5.74) is 3.45. The van der Waals surface area contributed by atoms with Gasteiger partial charge in [-0.05, 0) is 24.1 Å². The van der Waals surface area contributed by atoms with Crippen LogP contribution in [0.5, 0.6) is 0 Å². The number of rotatable bonds is 4. The number of fused-ring (bicyclic) bond motifs is 1. The molecule has 0 radical (unpaired) electrons. The topological polar surface area (TPSA) is 64.2 Å². The number of para-hydroxylation sites is 2. The quantitative estimate of drug-likeness (QED) is 0.558. The number of carbonyl (C=O) groups excluding carboxylic acids is 1. The van der Waals surface area contributed by atoms with Gasteiger partial charge in [-0.2, -0.15) is 0 Å². The molecule has 1 aliphatic rings. The van der Waals surface area contributed by atoms with Crippen LogP contribution in [0.25, 0.3) is 11.0 Å². The minimum Gasteiger partial charge on any atom is -0.446 e. The SMILES string of the molecule is O=C(c1coc(Cn2cnc3ccccc32)n1)N1CC[C@@H]1c1ccccc1. The van der Waals surface area contributed by atoms with Gasteiger partial charge in [-0.1, -0.05) is 42.5 Å². The zero-order valence-electron chi connectivity index (χ0n) is 14.7. The number of nitrogens with zero attached hydrogens (tertiary/aromatic N) is 4. The second kappa shape index (κ2) is 6.39. The predicted molar refractivity (Wildman–Crippen MR) is 100 cm³/mol. The highest BCUT2D eigenvalue weighted by Crippen LogP contribution is 2.34. The van der Waals surface area contributed by atoms with Crippen LogP contribution in [0.3, 0.4) is 0 Å². The number of hydrogen-bond acceptors (Lipinski definition) is 4. The van der Waals surface area contributed by atoms with Crippen molar-refractivity contribution in [1.82, 2.24) is 19.4 Å². The molecule has 5 rings (SSSR count). The maximum absolute atomic E-state index is 12.8. The normalized spacial score (nSPS) is 16.4. The first-order valence-corrected chi connectivity index (χ1v) is 9.00.